The summed E-state index contributed by atoms with van der Waals surface area (Å²) in [6, 6.07) is 5.81. The van der Waals surface area contributed by atoms with Gasteiger partial charge < -0.3 is 44.7 Å². The summed E-state index contributed by atoms with van der Waals surface area (Å²) in [5.74, 6) is 0.492. The van der Waals surface area contributed by atoms with Crippen molar-refractivity contribution in [1.82, 2.24) is 20.2 Å². The van der Waals surface area contributed by atoms with Gasteiger partial charge in [-0.1, -0.05) is 11.6 Å². The molecule has 3 saturated heterocycles. The molecule has 3 aliphatic heterocycles. The van der Waals surface area contributed by atoms with Crippen LogP contribution in [0.3, 0.4) is 0 Å². The molecule has 0 radical (unpaired) electrons. The first kappa shape index (κ1) is 28.8. The maximum atomic E-state index is 13.0. The molecule has 0 bridgehead atoms. The topological polar surface area (TPSA) is 122 Å². The second-order valence-electron chi connectivity index (χ2n) is 10.6. The highest BCUT2D eigenvalue weighted by Gasteiger charge is 2.49. The Labute approximate surface area is 239 Å². The van der Waals surface area contributed by atoms with Crippen molar-refractivity contribution in [3.05, 3.63) is 29.4 Å². The first-order chi connectivity index (χ1) is 19.3. The van der Waals surface area contributed by atoms with E-state index in [1.807, 2.05) is 39.3 Å². The number of ether oxygens (including phenoxy) is 4. The molecule has 1 amide bonds. The van der Waals surface area contributed by atoms with Gasteiger partial charge in [0, 0.05) is 39.5 Å². The van der Waals surface area contributed by atoms with Gasteiger partial charge in [0.25, 0.3) is 0 Å². The van der Waals surface area contributed by atoms with Crippen molar-refractivity contribution in [2.45, 2.75) is 30.8 Å². The van der Waals surface area contributed by atoms with Crippen molar-refractivity contribution < 1.29 is 23.7 Å². The lowest BCUT2D eigenvalue weighted by Crippen LogP contribution is -2.35. The minimum atomic E-state index is -0.366. The highest BCUT2D eigenvalue weighted by Crippen LogP contribution is 2.34. The number of halogens is 1. The number of carbonyl (C=O) groups excluding carboxylic acids is 1. The maximum Gasteiger partial charge on any atom is 0.237 e. The van der Waals surface area contributed by atoms with E-state index >= 15 is 0 Å². The summed E-state index contributed by atoms with van der Waals surface area (Å²) in [5.41, 5.74) is 2.35. The second-order valence-corrected chi connectivity index (χ2v) is 11.0. The van der Waals surface area contributed by atoms with E-state index in [-0.39, 0.29) is 47.1 Å². The average molecular weight is 576 g/mol. The fourth-order valence-corrected chi connectivity index (χ4v) is 5.27. The number of methoxy groups -OCH3 is 1. The van der Waals surface area contributed by atoms with Crippen LogP contribution in [0.25, 0.3) is 0 Å². The van der Waals surface area contributed by atoms with E-state index in [0.717, 1.165) is 31.7 Å². The molecule has 2 aromatic rings. The Balaban J connectivity index is 1.32. The first-order valence-corrected chi connectivity index (χ1v) is 13.9. The molecule has 1 unspecified atom stereocenters. The number of nitrogens with zero attached hydrogens (tertiary/aromatic N) is 4. The van der Waals surface area contributed by atoms with Crippen LogP contribution in [0.1, 0.15) is 6.42 Å². The zero-order chi connectivity index (χ0) is 28.2. The van der Waals surface area contributed by atoms with Gasteiger partial charge in [0.2, 0.25) is 17.7 Å². The van der Waals surface area contributed by atoms with Crippen molar-refractivity contribution in [3.63, 3.8) is 0 Å². The van der Waals surface area contributed by atoms with Crippen molar-refractivity contribution in [3.8, 4) is 5.88 Å². The van der Waals surface area contributed by atoms with Crippen LogP contribution in [0.2, 0.25) is 5.02 Å². The fraction of sp³-hybridized carbons (Fsp3) is 0.593. The molecule has 5 rings (SSSR count). The van der Waals surface area contributed by atoms with Crippen LogP contribution in [0.4, 0.5) is 23.0 Å². The predicted molar refractivity (Wildman–Crippen MR) is 153 cm³/mol. The Bertz CT molecular complexity index is 1180. The maximum absolute atomic E-state index is 13.0. The SMILES string of the molecule is CO[C@@H]1CO[C@H]2[C@@H]1OC[C@H]2Oc1nc(Nc2ccc(N(C)CCN(C)C)c(NC(=O)C3CCNC3)c2)ncc1Cl. The summed E-state index contributed by atoms with van der Waals surface area (Å²) in [5, 5.41) is 9.91. The van der Waals surface area contributed by atoms with Crippen LogP contribution in [0, 0.1) is 5.92 Å². The zero-order valence-electron chi connectivity index (χ0n) is 23.4. The number of aromatic nitrogens is 2. The van der Waals surface area contributed by atoms with Gasteiger partial charge in [-0.05, 0) is 45.3 Å². The number of hydrogen-bond acceptors (Lipinski definition) is 11. The van der Waals surface area contributed by atoms with E-state index in [1.165, 1.54) is 6.20 Å². The van der Waals surface area contributed by atoms with E-state index in [1.54, 1.807) is 7.11 Å². The number of nitrogens with one attached hydrogen (secondary N) is 3. The van der Waals surface area contributed by atoms with Crippen LogP contribution < -0.4 is 25.6 Å². The number of rotatable bonds is 11. The third kappa shape index (κ3) is 6.59. The van der Waals surface area contributed by atoms with Crippen molar-refractivity contribution in [2.24, 2.45) is 5.92 Å². The van der Waals surface area contributed by atoms with Crippen LogP contribution in [-0.4, -0.2) is 113 Å². The molecule has 3 N–H and O–H groups in total. The average Bonchev–Trinajstić information content (AvgIpc) is 3.69. The number of carbonyl (C=O) groups is 1. The molecule has 218 valence electrons. The molecular weight excluding hydrogens is 538 g/mol. The molecular formula is C27H38ClN7O5. The number of fused-ring (bicyclic) bond motifs is 1. The van der Waals surface area contributed by atoms with Crippen molar-refractivity contribution in [2.75, 3.05) is 83.2 Å². The van der Waals surface area contributed by atoms with E-state index in [2.05, 4.69) is 35.7 Å². The highest BCUT2D eigenvalue weighted by atomic mass is 35.5. The van der Waals surface area contributed by atoms with Crippen molar-refractivity contribution >= 4 is 40.5 Å². The monoisotopic (exact) mass is 575 g/mol. The Morgan fingerprint density at radius 2 is 1.95 bits per heavy atom. The van der Waals surface area contributed by atoms with Gasteiger partial charge in [0.15, 0.2) is 6.10 Å². The number of anilines is 4. The molecule has 1 aromatic carbocycles. The summed E-state index contributed by atoms with van der Waals surface area (Å²) in [4.78, 5) is 26.1. The Hall–Kier alpha value is -2.74. The highest BCUT2D eigenvalue weighted by molar-refractivity contribution is 6.31. The van der Waals surface area contributed by atoms with E-state index < -0.39 is 0 Å². The summed E-state index contributed by atoms with van der Waals surface area (Å²) >= 11 is 6.38. The number of amides is 1. The molecule has 13 heteroatoms. The molecule has 40 heavy (non-hydrogen) atoms. The Morgan fingerprint density at radius 1 is 1.18 bits per heavy atom. The standard InChI is InChI=1S/C27H38ClN7O5/c1-34(2)9-10-35(3)20-6-5-17(11-19(20)32-25(36)16-7-8-29-12-16)31-27-30-13-18(28)26(33-27)40-22-15-39-23-21(37-4)14-38-24(22)23/h5-6,11,13,16,21-24,29H,7-10,12,14-15H2,1-4H3,(H,32,36)(H,30,31,33)/t16?,21-,22-,23-,24-/m1/s1. The molecule has 0 saturated carbocycles. The third-order valence-electron chi connectivity index (χ3n) is 7.48. The number of likely N-dealkylation sites (N-methyl/N-ethyl adjacent to an activating group) is 2. The first-order valence-electron chi connectivity index (χ1n) is 13.6. The van der Waals surface area contributed by atoms with Crippen LogP contribution >= 0.6 is 11.6 Å². The molecule has 0 aliphatic carbocycles. The second kappa shape index (κ2) is 12.8. The van der Waals surface area contributed by atoms with Gasteiger partial charge >= 0.3 is 0 Å². The zero-order valence-corrected chi connectivity index (χ0v) is 24.1. The molecule has 12 nitrogen and oxygen atoms in total. The predicted octanol–water partition coefficient (Wildman–Crippen LogP) is 1.98. The van der Waals surface area contributed by atoms with E-state index in [9.17, 15) is 4.79 Å². The molecule has 0 spiro atoms. The van der Waals surface area contributed by atoms with E-state index in [4.69, 9.17) is 30.5 Å². The van der Waals surface area contributed by atoms with Gasteiger partial charge in [-0.2, -0.15) is 4.98 Å². The fourth-order valence-electron chi connectivity index (χ4n) is 5.13. The number of hydrogen-bond donors (Lipinski definition) is 3. The smallest absolute Gasteiger partial charge is 0.237 e. The summed E-state index contributed by atoms with van der Waals surface area (Å²) in [7, 11) is 7.74. The lowest BCUT2D eigenvalue weighted by atomic mass is 10.1. The van der Waals surface area contributed by atoms with Gasteiger partial charge in [0.05, 0.1) is 36.7 Å². The van der Waals surface area contributed by atoms with Gasteiger partial charge in [-0.15, -0.1) is 0 Å². The summed E-state index contributed by atoms with van der Waals surface area (Å²) in [6.45, 7) is 4.01. The largest absolute Gasteiger partial charge is 0.468 e. The van der Waals surface area contributed by atoms with Gasteiger partial charge in [-0.3, -0.25) is 4.79 Å². The molecule has 3 fully saturated rings. The lowest BCUT2D eigenvalue weighted by molar-refractivity contribution is -0.119. The normalized spacial score (nSPS) is 25.7. The number of benzene rings is 1. The van der Waals surface area contributed by atoms with Crippen LogP contribution in [0.5, 0.6) is 5.88 Å². The molecule has 4 heterocycles. The Morgan fingerprint density at radius 3 is 2.67 bits per heavy atom. The van der Waals surface area contributed by atoms with Gasteiger partial charge in [-0.25, -0.2) is 4.98 Å². The van der Waals surface area contributed by atoms with Crippen LogP contribution in [-0.2, 0) is 19.0 Å². The van der Waals surface area contributed by atoms with E-state index in [0.29, 0.717) is 37.1 Å². The van der Waals surface area contributed by atoms with Crippen LogP contribution in [0.15, 0.2) is 24.4 Å². The molecule has 5 atom stereocenters. The Kier molecular flexibility index (Phi) is 9.24. The van der Waals surface area contributed by atoms with Crippen molar-refractivity contribution in [1.29, 1.82) is 0 Å². The summed E-state index contributed by atoms with van der Waals surface area (Å²) in [6.07, 6.45) is 1.38. The summed E-state index contributed by atoms with van der Waals surface area (Å²) < 4.78 is 23.3. The molecule has 3 aliphatic rings. The lowest BCUT2D eigenvalue weighted by Gasteiger charge is -2.25. The quantitative estimate of drug-likeness (QED) is 0.364. The molecule has 1 aromatic heterocycles. The van der Waals surface area contributed by atoms with Gasteiger partial charge in [0.1, 0.15) is 23.3 Å². The third-order valence-corrected chi connectivity index (χ3v) is 7.74. The minimum Gasteiger partial charge on any atom is -0.468 e. The minimum absolute atomic E-state index is 0.00442.